The monoisotopic (exact) mass is 392 g/mol. The molecule has 152 valence electrons. The van der Waals surface area contributed by atoms with E-state index in [0.29, 0.717) is 5.69 Å². The number of aliphatic imine (C=N–C) groups is 1. The summed E-state index contributed by atoms with van der Waals surface area (Å²) in [6.07, 6.45) is -3.49. The van der Waals surface area contributed by atoms with Gasteiger partial charge in [0.1, 0.15) is 49.2 Å². The number of amidine groups is 1. The molecule has 0 aliphatic carbocycles. The lowest BCUT2D eigenvalue weighted by atomic mass is 9.93. The number of ether oxygens (including phenoxy) is 2. The van der Waals surface area contributed by atoms with E-state index >= 15 is 0 Å². The van der Waals surface area contributed by atoms with E-state index in [9.17, 15) is 20.3 Å². The number of aromatic amines is 1. The van der Waals surface area contributed by atoms with Crippen LogP contribution in [0.3, 0.4) is 0 Å². The zero-order valence-electron chi connectivity index (χ0n) is 15.5. The fourth-order valence-corrected chi connectivity index (χ4v) is 2.76. The third-order valence-corrected chi connectivity index (χ3v) is 4.57. The van der Waals surface area contributed by atoms with Gasteiger partial charge in [0.2, 0.25) is 5.60 Å². The van der Waals surface area contributed by atoms with Gasteiger partial charge in [0.15, 0.2) is 0 Å². The molecule has 0 amide bonds. The first-order valence-electron chi connectivity index (χ1n) is 8.57. The second-order valence-corrected chi connectivity index (χ2v) is 6.77. The first-order chi connectivity index (χ1) is 13.2. The third-order valence-electron chi connectivity index (χ3n) is 4.57. The zero-order chi connectivity index (χ0) is 21.1. The zero-order valence-corrected chi connectivity index (χ0v) is 15.5. The van der Waals surface area contributed by atoms with Gasteiger partial charge in [0, 0.05) is 0 Å². The Morgan fingerprint density at radius 1 is 1.57 bits per heavy atom. The largest absolute Gasteiger partial charge is 0.462 e. The number of nitriles is 1. The highest BCUT2D eigenvalue weighted by atomic mass is 16.6. The van der Waals surface area contributed by atoms with Crippen molar-refractivity contribution in [2.24, 2.45) is 22.4 Å². The van der Waals surface area contributed by atoms with Gasteiger partial charge < -0.3 is 36.1 Å². The van der Waals surface area contributed by atoms with Crippen molar-refractivity contribution in [3.8, 4) is 6.07 Å². The molecule has 1 fully saturated rings. The predicted octanol–water partition coefficient (Wildman–Crippen LogP) is -1.31. The van der Waals surface area contributed by atoms with E-state index in [-0.39, 0.29) is 24.1 Å². The summed E-state index contributed by atoms with van der Waals surface area (Å²) >= 11 is 0. The van der Waals surface area contributed by atoms with Crippen LogP contribution in [0.1, 0.15) is 25.2 Å². The highest BCUT2D eigenvalue weighted by molar-refractivity contribution is 5.99. The maximum Gasteiger partial charge on any atom is 0.323 e. The normalized spacial score (nSPS) is 28.8. The van der Waals surface area contributed by atoms with Crippen molar-refractivity contribution in [1.82, 2.24) is 4.98 Å². The lowest BCUT2D eigenvalue weighted by molar-refractivity contribution is -0.153. The van der Waals surface area contributed by atoms with Gasteiger partial charge in [-0.25, -0.2) is 4.99 Å². The summed E-state index contributed by atoms with van der Waals surface area (Å²) in [6.45, 7) is 3.13. The molecule has 28 heavy (non-hydrogen) atoms. The second kappa shape index (κ2) is 8.49. The van der Waals surface area contributed by atoms with E-state index in [4.69, 9.17) is 26.4 Å². The van der Waals surface area contributed by atoms with Crippen LogP contribution in [-0.2, 0) is 19.9 Å². The summed E-state index contributed by atoms with van der Waals surface area (Å²) in [4.78, 5) is 18.3. The molecule has 11 nitrogen and oxygen atoms in total. The quantitative estimate of drug-likeness (QED) is 0.186. The number of aromatic nitrogens is 1. The molecule has 8 N–H and O–H groups in total. The Hall–Kier alpha value is -2.78. The molecule has 2 heterocycles. The molecule has 1 aliphatic heterocycles. The topological polar surface area (TPSA) is 204 Å². The number of rotatable bonds is 7. The minimum Gasteiger partial charge on any atom is -0.462 e. The molecular weight excluding hydrogens is 368 g/mol. The fraction of sp³-hybridized carbons (Fsp3) is 0.529. The molecular formula is C17H24N6O5. The number of aliphatic hydroxyl groups excluding tert-OH is 2. The van der Waals surface area contributed by atoms with E-state index < -0.39 is 35.9 Å². The van der Waals surface area contributed by atoms with E-state index in [2.05, 4.69) is 9.98 Å². The summed E-state index contributed by atoms with van der Waals surface area (Å²) in [7, 11) is 0. The molecule has 1 saturated heterocycles. The summed E-state index contributed by atoms with van der Waals surface area (Å²) in [5.74, 6) is -0.820. The van der Waals surface area contributed by atoms with Crippen LogP contribution in [0.2, 0.25) is 0 Å². The Bertz CT molecular complexity index is 800. The molecule has 5 atom stereocenters. The van der Waals surface area contributed by atoms with Crippen LogP contribution in [0.4, 0.5) is 0 Å². The van der Waals surface area contributed by atoms with Crippen molar-refractivity contribution in [2.75, 3.05) is 6.61 Å². The summed E-state index contributed by atoms with van der Waals surface area (Å²) in [5.41, 5.74) is 9.90. The number of hydrogen-bond acceptors (Lipinski definition) is 8. The standard InChI is InChI=1S/C17H24N6O5/c1-8(2)12(20)16(26)27-5-10-13(24)14(25)17(6-18,28-10)11-4-3-9(23-11)15(21)22-7-19/h3-4,7-8,10,12-14,23-25H,5,20H2,1-2H3,(H3,19,21,22)/t10?,12-,13+,14+,17?/m0/s1. The molecule has 1 aromatic rings. The maximum absolute atomic E-state index is 11.9. The minimum absolute atomic E-state index is 0.00414. The number of hydrogen-bond donors (Lipinski definition) is 6. The molecule has 2 unspecified atom stereocenters. The number of nitrogens with two attached hydrogens (primary N) is 2. The Balaban J connectivity index is 2.20. The predicted molar refractivity (Wildman–Crippen MR) is 98.3 cm³/mol. The Morgan fingerprint density at radius 2 is 2.25 bits per heavy atom. The molecule has 0 radical (unpaired) electrons. The summed E-state index contributed by atoms with van der Waals surface area (Å²) < 4.78 is 10.7. The Labute approximate surface area is 161 Å². The van der Waals surface area contributed by atoms with Gasteiger partial charge >= 0.3 is 5.97 Å². The van der Waals surface area contributed by atoms with Crippen LogP contribution < -0.4 is 11.5 Å². The van der Waals surface area contributed by atoms with Crippen LogP contribution in [0.15, 0.2) is 17.1 Å². The lowest BCUT2D eigenvalue weighted by Gasteiger charge is -2.23. The molecule has 0 bridgehead atoms. The Morgan fingerprint density at radius 3 is 2.82 bits per heavy atom. The van der Waals surface area contributed by atoms with Crippen LogP contribution in [-0.4, -0.2) is 64.3 Å². The van der Waals surface area contributed by atoms with Crippen molar-refractivity contribution < 1.29 is 24.5 Å². The number of carbonyl (C=O) groups is 1. The molecule has 0 saturated carbocycles. The first kappa shape index (κ1) is 21.5. The Kier molecular flexibility index (Phi) is 6.52. The van der Waals surface area contributed by atoms with Crippen LogP contribution in [0.5, 0.6) is 0 Å². The van der Waals surface area contributed by atoms with Crippen molar-refractivity contribution in [1.29, 1.82) is 10.7 Å². The lowest BCUT2D eigenvalue weighted by Crippen LogP contribution is -2.41. The van der Waals surface area contributed by atoms with Gasteiger partial charge in [0.25, 0.3) is 0 Å². The number of aliphatic hydroxyl groups is 2. The number of H-pyrrole nitrogens is 1. The second-order valence-electron chi connectivity index (χ2n) is 6.77. The molecule has 11 heteroatoms. The number of nitrogens with zero attached hydrogens (tertiary/aromatic N) is 2. The molecule has 2 rings (SSSR count). The van der Waals surface area contributed by atoms with Crippen molar-refractivity contribution >= 4 is 18.1 Å². The highest BCUT2D eigenvalue weighted by Gasteiger charge is 2.57. The van der Waals surface area contributed by atoms with Gasteiger partial charge in [-0.15, -0.1) is 0 Å². The molecule has 1 aliphatic rings. The van der Waals surface area contributed by atoms with Crippen molar-refractivity contribution in [3.63, 3.8) is 0 Å². The minimum atomic E-state index is -1.93. The average molecular weight is 392 g/mol. The van der Waals surface area contributed by atoms with Gasteiger partial charge in [0.05, 0.1) is 11.4 Å². The first-order valence-corrected chi connectivity index (χ1v) is 8.57. The maximum atomic E-state index is 11.9. The molecule has 0 spiro atoms. The summed E-state index contributed by atoms with van der Waals surface area (Å²) in [6, 6.07) is 3.96. The van der Waals surface area contributed by atoms with Crippen molar-refractivity contribution in [3.05, 3.63) is 23.5 Å². The van der Waals surface area contributed by atoms with Gasteiger partial charge in [-0.05, 0) is 18.1 Å². The van der Waals surface area contributed by atoms with E-state index in [1.165, 1.54) is 12.1 Å². The van der Waals surface area contributed by atoms with Crippen molar-refractivity contribution in [2.45, 2.75) is 43.8 Å². The molecule has 0 aromatic carbocycles. The third kappa shape index (κ3) is 3.90. The smallest absolute Gasteiger partial charge is 0.323 e. The van der Waals surface area contributed by atoms with Gasteiger partial charge in [-0.1, -0.05) is 13.8 Å². The molecule has 1 aromatic heterocycles. The number of esters is 1. The van der Waals surface area contributed by atoms with Crippen LogP contribution in [0.25, 0.3) is 0 Å². The average Bonchev–Trinajstić information content (AvgIpc) is 3.25. The van der Waals surface area contributed by atoms with E-state index in [1.807, 2.05) is 6.07 Å². The van der Waals surface area contributed by atoms with Crippen LogP contribution in [0, 0.1) is 22.7 Å². The van der Waals surface area contributed by atoms with Crippen LogP contribution >= 0.6 is 0 Å². The van der Waals surface area contributed by atoms with Gasteiger partial charge in [-0.2, -0.15) is 5.26 Å². The SMILES string of the molecule is CC(C)[C@H](N)C(=O)OCC1OC(C#N)(c2ccc(C(N)=NC=N)[nH]2)[C@H](O)[C@@H]1O. The van der Waals surface area contributed by atoms with E-state index in [0.717, 1.165) is 6.34 Å². The fourth-order valence-electron chi connectivity index (χ4n) is 2.76. The number of nitrogens with one attached hydrogen (secondary N) is 2. The highest BCUT2D eigenvalue weighted by Crippen LogP contribution is 2.39. The summed E-state index contributed by atoms with van der Waals surface area (Å²) in [5, 5.41) is 37.4. The van der Waals surface area contributed by atoms with E-state index in [1.54, 1.807) is 13.8 Å². The van der Waals surface area contributed by atoms with Gasteiger partial charge in [-0.3, -0.25) is 10.2 Å². The number of carbonyl (C=O) groups excluding carboxylic acids is 1.